The number of nitrogens with zero attached hydrogens (tertiary/aromatic N) is 1. The van der Waals surface area contributed by atoms with Crippen molar-refractivity contribution in [2.75, 3.05) is 0 Å². The number of aromatic nitrogens is 1. The van der Waals surface area contributed by atoms with E-state index in [-0.39, 0.29) is 23.8 Å². The highest BCUT2D eigenvalue weighted by Crippen LogP contribution is 2.12. The molecule has 130 valence electrons. The van der Waals surface area contributed by atoms with E-state index in [9.17, 15) is 19.5 Å². The second-order valence-corrected chi connectivity index (χ2v) is 6.01. The summed E-state index contributed by atoms with van der Waals surface area (Å²) in [6.07, 6.45) is 1.45. The number of rotatable bonds is 7. The molecule has 0 saturated heterocycles. The summed E-state index contributed by atoms with van der Waals surface area (Å²) in [7, 11) is 0. The molecule has 0 unspecified atom stereocenters. The van der Waals surface area contributed by atoms with Crippen LogP contribution in [0.25, 0.3) is 0 Å². The number of Topliss-reactive ketones (excluding diaryl/α,β-unsaturated/α-hetero) is 1. The van der Waals surface area contributed by atoms with E-state index in [1.54, 1.807) is 50.2 Å². The molecule has 1 heterocycles. The van der Waals surface area contributed by atoms with Crippen LogP contribution in [0.4, 0.5) is 0 Å². The van der Waals surface area contributed by atoms with Crippen molar-refractivity contribution < 1.29 is 19.5 Å². The van der Waals surface area contributed by atoms with Gasteiger partial charge >= 0.3 is 5.97 Å². The maximum absolute atomic E-state index is 12.5. The fraction of sp³-hybridized carbons (Fsp3) is 0.263. The lowest BCUT2D eigenvalue weighted by molar-refractivity contribution is -0.140. The van der Waals surface area contributed by atoms with Crippen molar-refractivity contribution in [2.24, 2.45) is 5.92 Å². The molecule has 2 aromatic rings. The Labute approximate surface area is 145 Å². The van der Waals surface area contributed by atoms with Gasteiger partial charge in [-0.3, -0.25) is 14.6 Å². The number of carboxylic acid groups (broad SMARTS) is 1. The molecule has 1 aromatic heterocycles. The molecule has 1 aromatic carbocycles. The molecule has 6 heteroatoms. The Morgan fingerprint density at radius 2 is 1.76 bits per heavy atom. The fourth-order valence-electron chi connectivity index (χ4n) is 2.41. The largest absolute Gasteiger partial charge is 0.480 e. The number of carboxylic acids is 1. The van der Waals surface area contributed by atoms with E-state index in [0.717, 1.165) is 0 Å². The summed E-state index contributed by atoms with van der Waals surface area (Å²) in [5, 5.41) is 11.7. The van der Waals surface area contributed by atoms with Crippen LogP contribution < -0.4 is 5.32 Å². The Kier molecular flexibility index (Phi) is 6.00. The van der Waals surface area contributed by atoms with Gasteiger partial charge in [0.15, 0.2) is 5.78 Å². The Morgan fingerprint density at radius 3 is 2.36 bits per heavy atom. The van der Waals surface area contributed by atoms with E-state index in [1.165, 1.54) is 6.20 Å². The molecule has 6 nitrogen and oxygen atoms in total. The number of benzene rings is 1. The summed E-state index contributed by atoms with van der Waals surface area (Å²) >= 11 is 0. The molecule has 0 fully saturated rings. The van der Waals surface area contributed by atoms with Gasteiger partial charge in [0, 0.05) is 18.2 Å². The molecule has 0 radical (unpaired) electrons. The van der Waals surface area contributed by atoms with Crippen molar-refractivity contribution in [3.05, 3.63) is 65.5 Å². The summed E-state index contributed by atoms with van der Waals surface area (Å²) in [6, 6.07) is 11.0. The third kappa shape index (κ3) is 4.73. The van der Waals surface area contributed by atoms with Crippen LogP contribution in [0.15, 0.2) is 48.7 Å². The summed E-state index contributed by atoms with van der Waals surface area (Å²) in [6.45, 7) is 3.41. The van der Waals surface area contributed by atoms with Gasteiger partial charge in [-0.05, 0) is 17.5 Å². The number of ketones is 1. The van der Waals surface area contributed by atoms with E-state index in [2.05, 4.69) is 10.3 Å². The summed E-state index contributed by atoms with van der Waals surface area (Å²) in [4.78, 5) is 40.1. The lowest BCUT2D eigenvalue weighted by Gasteiger charge is -2.18. The third-order valence-corrected chi connectivity index (χ3v) is 3.77. The number of aliphatic carboxylic acids is 1. The van der Waals surface area contributed by atoms with Gasteiger partial charge in [-0.2, -0.15) is 0 Å². The van der Waals surface area contributed by atoms with Crippen LogP contribution in [0.3, 0.4) is 0 Å². The van der Waals surface area contributed by atoms with Crippen LogP contribution in [0.1, 0.15) is 40.3 Å². The molecule has 0 spiro atoms. The standard InChI is InChI=1S/C19H20N2O4/c1-12(2)16(19(24)25)21-18(23)17-14(9-6-10-20-17)11-15(22)13-7-4-3-5-8-13/h3-10,12,16H,11H2,1-2H3,(H,21,23)(H,24,25)/t16-/m1/s1. The predicted molar refractivity (Wildman–Crippen MR) is 92.4 cm³/mol. The Hall–Kier alpha value is -3.02. The van der Waals surface area contributed by atoms with Crippen molar-refractivity contribution in [3.63, 3.8) is 0 Å². The molecule has 2 rings (SSSR count). The first-order chi connectivity index (χ1) is 11.9. The maximum Gasteiger partial charge on any atom is 0.326 e. The van der Waals surface area contributed by atoms with Crippen LogP contribution in [0.5, 0.6) is 0 Å². The number of hydrogen-bond donors (Lipinski definition) is 2. The Balaban J connectivity index is 2.21. The number of nitrogens with one attached hydrogen (secondary N) is 1. The first-order valence-corrected chi connectivity index (χ1v) is 7.96. The van der Waals surface area contributed by atoms with Crippen LogP contribution in [-0.4, -0.2) is 33.8 Å². The van der Waals surface area contributed by atoms with Gasteiger partial charge in [-0.15, -0.1) is 0 Å². The predicted octanol–water partition coefficient (Wildman–Crippen LogP) is 2.35. The van der Waals surface area contributed by atoms with E-state index < -0.39 is 17.9 Å². The average Bonchev–Trinajstić information content (AvgIpc) is 2.60. The molecule has 0 aliphatic carbocycles. The molecule has 0 aliphatic heterocycles. The van der Waals surface area contributed by atoms with E-state index >= 15 is 0 Å². The SMILES string of the molecule is CC(C)[C@@H](NC(=O)c1ncccc1CC(=O)c1ccccc1)C(=O)O. The number of amides is 1. The minimum atomic E-state index is -1.11. The van der Waals surface area contributed by atoms with Gasteiger partial charge in [0.05, 0.1) is 0 Å². The van der Waals surface area contributed by atoms with Crippen LogP contribution >= 0.6 is 0 Å². The van der Waals surface area contributed by atoms with E-state index in [1.807, 2.05) is 6.07 Å². The molecule has 25 heavy (non-hydrogen) atoms. The summed E-state index contributed by atoms with van der Waals surface area (Å²) in [5.41, 5.74) is 1.07. The highest BCUT2D eigenvalue weighted by molar-refractivity contribution is 6.01. The minimum absolute atomic E-state index is 0.0139. The van der Waals surface area contributed by atoms with Gasteiger partial charge in [-0.25, -0.2) is 4.79 Å². The van der Waals surface area contributed by atoms with E-state index in [4.69, 9.17) is 0 Å². The number of carbonyl (C=O) groups is 3. The molecule has 0 bridgehead atoms. The fourth-order valence-corrected chi connectivity index (χ4v) is 2.41. The summed E-state index contributed by atoms with van der Waals surface area (Å²) in [5.74, 6) is -2.13. The topological polar surface area (TPSA) is 96.4 Å². The van der Waals surface area contributed by atoms with Gasteiger partial charge in [-0.1, -0.05) is 50.2 Å². The molecule has 0 aliphatic rings. The zero-order chi connectivity index (χ0) is 18.4. The Bertz CT molecular complexity index is 772. The average molecular weight is 340 g/mol. The van der Waals surface area contributed by atoms with Gasteiger partial charge in [0.2, 0.25) is 0 Å². The Morgan fingerprint density at radius 1 is 1.08 bits per heavy atom. The van der Waals surface area contributed by atoms with Crippen molar-refractivity contribution in [1.82, 2.24) is 10.3 Å². The van der Waals surface area contributed by atoms with Gasteiger partial charge in [0.25, 0.3) is 5.91 Å². The van der Waals surface area contributed by atoms with Crippen molar-refractivity contribution in [1.29, 1.82) is 0 Å². The number of carbonyl (C=O) groups excluding carboxylic acids is 2. The maximum atomic E-state index is 12.5. The third-order valence-electron chi connectivity index (χ3n) is 3.77. The second-order valence-electron chi connectivity index (χ2n) is 6.01. The quantitative estimate of drug-likeness (QED) is 0.754. The van der Waals surface area contributed by atoms with Crippen molar-refractivity contribution in [2.45, 2.75) is 26.3 Å². The lowest BCUT2D eigenvalue weighted by Crippen LogP contribution is -2.44. The first kappa shape index (κ1) is 18.3. The summed E-state index contributed by atoms with van der Waals surface area (Å²) < 4.78 is 0. The highest BCUT2D eigenvalue weighted by atomic mass is 16.4. The van der Waals surface area contributed by atoms with Crippen molar-refractivity contribution in [3.8, 4) is 0 Å². The molecular formula is C19H20N2O4. The van der Waals surface area contributed by atoms with Crippen LogP contribution in [0, 0.1) is 5.92 Å². The van der Waals surface area contributed by atoms with Crippen LogP contribution in [-0.2, 0) is 11.2 Å². The zero-order valence-corrected chi connectivity index (χ0v) is 14.1. The zero-order valence-electron chi connectivity index (χ0n) is 14.1. The van der Waals surface area contributed by atoms with Crippen LogP contribution in [0.2, 0.25) is 0 Å². The van der Waals surface area contributed by atoms with Crippen molar-refractivity contribution >= 4 is 17.7 Å². The van der Waals surface area contributed by atoms with Gasteiger partial charge < -0.3 is 10.4 Å². The molecule has 2 N–H and O–H groups in total. The lowest BCUT2D eigenvalue weighted by atomic mass is 10.0. The monoisotopic (exact) mass is 340 g/mol. The highest BCUT2D eigenvalue weighted by Gasteiger charge is 2.25. The molecule has 0 saturated carbocycles. The normalized spacial score (nSPS) is 11.8. The molecular weight excluding hydrogens is 320 g/mol. The smallest absolute Gasteiger partial charge is 0.326 e. The molecule has 1 atom stereocenters. The second kappa shape index (κ2) is 8.19. The van der Waals surface area contributed by atoms with Gasteiger partial charge in [0.1, 0.15) is 11.7 Å². The minimum Gasteiger partial charge on any atom is -0.480 e. The van der Waals surface area contributed by atoms with E-state index in [0.29, 0.717) is 11.1 Å². The number of pyridine rings is 1. The molecule has 1 amide bonds. The number of hydrogen-bond acceptors (Lipinski definition) is 4. The first-order valence-electron chi connectivity index (χ1n) is 7.96.